The molecule has 0 spiro atoms. The van der Waals surface area contributed by atoms with Crippen LogP contribution in [0.15, 0.2) is 0 Å². The first-order chi connectivity index (χ1) is 6.29. The second-order valence-corrected chi connectivity index (χ2v) is 3.67. The van der Waals surface area contributed by atoms with Crippen molar-refractivity contribution >= 4 is 12.9 Å². The first-order valence-corrected chi connectivity index (χ1v) is 4.45. The van der Waals surface area contributed by atoms with Gasteiger partial charge in [0.25, 0.3) is 12.9 Å². The third kappa shape index (κ3) is 962. The fraction of sp³-hybridized carbons (Fsp3) is 0.800. The first kappa shape index (κ1) is 23.1. The third-order valence-corrected chi connectivity index (χ3v) is 0. The van der Waals surface area contributed by atoms with Crippen LogP contribution in [-0.2, 0) is 9.59 Å². The van der Waals surface area contributed by atoms with Gasteiger partial charge in [-0.3, -0.25) is 9.59 Å². The Morgan fingerprint density at radius 1 is 0.714 bits per heavy atom. The fourth-order valence-electron chi connectivity index (χ4n) is 0. The van der Waals surface area contributed by atoms with E-state index in [1.54, 1.807) is 0 Å². The van der Waals surface area contributed by atoms with Gasteiger partial charge in [-0.15, -0.1) is 0 Å². The predicted molar refractivity (Wildman–Crippen MR) is 58.4 cm³/mol. The van der Waals surface area contributed by atoms with E-state index in [0.29, 0.717) is 0 Å². The van der Waals surface area contributed by atoms with E-state index >= 15 is 0 Å². The molecule has 0 aliphatic heterocycles. The summed E-state index contributed by atoms with van der Waals surface area (Å²) in [5, 5.41) is 13.8. The van der Waals surface area contributed by atoms with E-state index in [0.717, 1.165) is 11.8 Å². The van der Waals surface area contributed by atoms with Gasteiger partial charge in [0.15, 0.2) is 0 Å². The lowest BCUT2D eigenvalue weighted by Crippen LogP contribution is -1.66. The van der Waals surface area contributed by atoms with Crippen LogP contribution in [0.3, 0.4) is 0 Å². The van der Waals surface area contributed by atoms with Crippen molar-refractivity contribution in [3.8, 4) is 0 Å². The van der Waals surface area contributed by atoms with E-state index in [1.165, 1.54) is 0 Å². The van der Waals surface area contributed by atoms with Crippen LogP contribution in [0.4, 0.5) is 0 Å². The van der Waals surface area contributed by atoms with Gasteiger partial charge < -0.3 is 10.2 Å². The maximum Gasteiger partial charge on any atom is 0.290 e. The average Bonchev–Trinajstić information content (AvgIpc) is 1.85. The Kier molecular flexibility index (Phi) is 48.9. The Balaban J connectivity index is -0.0000000482. The summed E-state index contributed by atoms with van der Waals surface area (Å²) in [5.41, 5.74) is 0. The Labute approximate surface area is 87.0 Å². The maximum absolute atomic E-state index is 8.36. The van der Waals surface area contributed by atoms with Crippen LogP contribution in [0.5, 0.6) is 0 Å². The Bertz CT molecular complexity index is 72.6. The zero-order chi connectivity index (χ0) is 12.6. The maximum atomic E-state index is 8.36. The smallest absolute Gasteiger partial charge is 0.290 e. The van der Waals surface area contributed by atoms with E-state index in [1.807, 2.05) is 0 Å². The molecular weight excluding hydrogens is 184 g/mol. The third-order valence-electron chi connectivity index (χ3n) is 0. The lowest BCUT2D eigenvalue weighted by atomic mass is 10.3. The predicted octanol–water partition coefficient (Wildman–Crippen LogP) is 2.73. The van der Waals surface area contributed by atoms with Gasteiger partial charge in [-0.25, -0.2) is 0 Å². The van der Waals surface area contributed by atoms with Crippen LogP contribution in [0, 0.1) is 11.8 Å². The Morgan fingerprint density at radius 3 is 0.714 bits per heavy atom. The quantitative estimate of drug-likeness (QED) is 0.600. The summed E-state index contributed by atoms with van der Waals surface area (Å²) in [6.07, 6.45) is 0. The van der Waals surface area contributed by atoms with Gasteiger partial charge in [0.05, 0.1) is 0 Å². The molecule has 4 heteroatoms. The highest BCUT2D eigenvalue weighted by molar-refractivity contribution is 5.32. The Morgan fingerprint density at radius 2 is 0.714 bits per heavy atom. The highest BCUT2D eigenvalue weighted by Gasteiger charge is 1.68. The van der Waals surface area contributed by atoms with Crippen LogP contribution >= 0.6 is 0 Å². The normalized spacial score (nSPS) is 6.86. The molecule has 14 heavy (non-hydrogen) atoms. The van der Waals surface area contributed by atoms with Crippen molar-refractivity contribution in [2.75, 3.05) is 0 Å². The van der Waals surface area contributed by atoms with Gasteiger partial charge in [-0.2, -0.15) is 0 Å². The van der Waals surface area contributed by atoms with E-state index in [9.17, 15) is 0 Å². The van der Waals surface area contributed by atoms with Crippen molar-refractivity contribution in [1.82, 2.24) is 0 Å². The van der Waals surface area contributed by atoms with Gasteiger partial charge >= 0.3 is 0 Å². The summed E-state index contributed by atoms with van der Waals surface area (Å²) in [7, 11) is 0. The zero-order valence-electron chi connectivity index (χ0n) is 10.0. The number of carbonyl (C=O) groups is 2. The van der Waals surface area contributed by atoms with Crippen molar-refractivity contribution in [2.45, 2.75) is 41.5 Å². The minimum absolute atomic E-state index is 0.250. The van der Waals surface area contributed by atoms with Crippen molar-refractivity contribution in [2.24, 2.45) is 11.8 Å². The molecule has 4 nitrogen and oxygen atoms in total. The molecule has 0 bridgehead atoms. The molecule has 0 heterocycles. The van der Waals surface area contributed by atoms with E-state index in [2.05, 4.69) is 41.5 Å². The van der Waals surface area contributed by atoms with E-state index < -0.39 is 0 Å². The lowest BCUT2D eigenvalue weighted by molar-refractivity contribution is -0.123. The fourth-order valence-corrected chi connectivity index (χ4v) is 0. The lowest BCUT2D eigenvalue weighted by Gasteiger charge is -1.79. The summed E-state index contributed by atoms with van der Waals surface area (Å²) in [4.78, 5) is 16.7. The highest BCUT2D eigenvalue weighted by Crippen LogP contribution is 1.81. The minimum atomic E-state index is -0.250. The van der Waals surface area contributed by atoms with Gasteiger partial charge in [-0.05, 0) is 11.8 Å². The molecule has 0 aliphatic carbocycles. The molecule has 0 saturated carbocycles. The van der Waals surface area contributed by atoms with Crippen LogP contribution < -0.4 is 0 Å². The molecule has 0 rings (SSSR count). The molecule has 0 radical (unpaired) electrons. The average molecular weight is 208 g/mol. The van der Waals surface area contributed by atoms with Crippen molar-refractivity contribution in [1.29, 1.82) is 0 Å². The molecule has 0 atom stereocenters. The highest BCUT2D eigenvalue weighted by atomic mass is 16.3. The minimum Gasteiger partial charge on any atom is -0.483 e. The molecule has 0 unspecified atom stereocenters. The summed E-state index contributed by atoms with van der Waals surface area (Å²) in [6, 6.07) is 0. The molecule has 0 saturated heterocycles. The van der Waals surface area contributed by atoms with Crippen LogP contribution in [0.1, 0.15) is 41.5 Å². The Hall–Kier alpha value is -1.06. The summed E-state index contributed by atoms with van der Waals surface area (Å²) < 4.78 is 0. The second kappa shape index (κ2) is 29.7. The largest absolute Gasteiger partial charge is 0.483 e. The van der Waals surface area contributed by atoms with Crippen molar-refractivity contribution in [3.05, 3.63) is 0 Å². The molecule has 0 aromatic heterocycles. The molecular formula is C10H24O4. The van der Waals surface area contributed by atoms with E-state index in [4.69, 9.17) is 19.8 Å². The molecule has 0 amide bonds. The molecule has 0 aromatic rings. The van der Waals surface area contributed by atoms with Crippen molar-refractivity contribution < 1.29 is 19.8 Å². The number of carboxylic acid groups (broad SMARTS) is 2. The van der Waals surface area contributed by atoms with Gasteiger partial charge in [0, 0.05) is 0 Å². The van der Waals surface area contributed by atoms with Crippen LogP contribution in [0.2, 0.25) is 0 Å². The van der Waals surface area contributed by atoms with Gasteiger partial charge in [0.1, 0.15) is 0 Å². The zero-order valence-corrected chi connectivity index (χ0v) is 10.0. The number of hydrogen-bond acceptors (Lipinski definition) is 2. The SMILES string of the molecule is CC(C)C.CC(C)C.O=CO.O=CO. The van der Waals surface area contributed by atoms with Crippen LogP contribution in [-0.4, -0.2) is 23.2 Å². The summed E-state index contributed by atoms with van der Waals surface area (Å²) >= 11 is 0. The van der Waals surface area contributed by atoms with Gasteiger partial charge in [-0.1, -0.05) is 41.5 Å². The molecule has 0 aromatic carbocycles. The summed E-state index contributed by atoms with van der Waals surface area (Å²) in [6.45, 7) is 12.5. The van der Waals surface area contributed by atoms with Crippen molar-refractivity contribution in [3.63, 3.8) is 0 Å². The van der Waals surface area contributed by atoms with Gasteiger partial charge in [0.2, 0.25) is 0 Å². The number of hydrogen-bond donors (Lipinski definition) is 2. The molecule has 0 aliphatic rings. The topological polar surface area (TPSA) is 74.6 Å². The molecule has 0 fully saturated rings. The first-order valence-electron chi connectivity index (χ1n) is 4.45. The second-order valence-electron chi connectivity index (χ2n) is 3.67. The monoisotopic (exact) mass is 208 g/mol. The summed E-state index contributed by atoms with van der Waals surface area (Å²) in [5.74, 6) is 1.67. The number of rotatable bonds is 0. The van der Waals surface area contributed by atoms with E-state index in [-0.39, 0.29) is 12.9 Å². The molecule has 88 valence electrons. The standard InChI is InChI=1S/2C4H10.2CH2O2/c2*1-4(2)3;2*2-1-3/h2*4H,1-3H3;2*1H,(H,2,3). The van der Waals surface area contributed by atoms with Crippen LogP contribution in [0.25, 0.3) is 0 Å². The molecule has 2 N–H and O–H groups in total.